The molecule has 1 atom stereocenters. The summed E-state index contributed by atoms with van der Waals surface area (Å²) >= 11 is 13.1. The van der Waals surface area contributed by atoms with Crippen LogP contribution in [0.4, 0.5) is 5.69 Å². The first-order valence-corrected chi connectivity index (χ1v) is 7.90. The third-order valence-electron chi connectivity index (χ3n) is 2.65. The van der Waals surface area contributed by atoms with Crippen molar-refractivity contribution in [1.82, 2.24) is 5.32 Å². The summed E-state index contributed by atoms with van der Waals surface area (Å²) in [5.74, 6) is -0.510. The van der Waals surface area contributed by atoms with Crippen LogP contribution in [-0.2, 0) is 9.59 Å². The maximum Gasteiger partial charge on any atom is 0.240 e. The first kappa shape index (κ1) is 16.1. The van der Waals surface area contributed by atoms with Gasteiger partial charge in [-0.25, -0.2) is 0 Å². The van der Waals surface area contributed by atoms with Crippen molar-refractivity contribution in [3.63, 3.8) is 0 Å². The van der Waals surface area contributed by atoms with E-state index in [9.17, 15) is 9.59 Å². The first-order valence-electron chi connectivity index (χ1n) is 6.26. The minimum atomic E-state index is -0.478. The highest BCUT2D eigenvalue weighted by atomic mass is 35.5. The van der Waals surface area contributed by atoms with Gasteiger partial charge in [-0.3, -0.25) is 14.6 Å². The SMILES string of the molecule is CCN=C1NC(=O)C(CC(=O)Nc2cc(Cl)ccc2Cl)S1. The Hall–Kier alpha value is -1.24. The highest BCUT2D eigenvalue weighted by molar-refractivity contribution is 8.15. The van der Waals surface area contributed by atoms with Crippen molar-refractivity contribution in [2.45, 2.75) is 18.6 Å². The van der Waals surface area contributed by atoms with Crippen LogP contribution in [0.25, 0.3) is 0 Å². The van der Waals surface area contributed by atoms with E-state index >= 15 is 0 Å². The van der Waals surface area contributed by atoms with Crippen LogP contribution in [0.5, 0.6) is 0 Å². The predicted molar refractivity (Wildman–Crippen MR) is 87.2 cm³/mol. The van der Waals surface area contributed by atoms with E-state index in [0.29, 0.717) is 27.4 Å². The van der Waals surface area contributed by atoms with Crippen LogP contribution in [-0.4, -0.2) is 28.8 Å². The highest BCUT2D eigenvalue weighted by Crippen LogP contribution is 2.27. The molecule has 1 saturated heterocycles. The van der Waals surface area contributed by atoms with Crippen LogP contribution in [0.15, 0.2) is 23.2 Å². The third-order valence-corrected chi connectivity index (χ3v) is 4.34. The summed E-state index contributed by atoms with van der Waals surface area (Å²) in [5, 5.41) is 6.24. The molecule has 0 aliphatic carbocycles. The van der Waals surface area contributed by atoms with Gasteiger partial charge in [-0.05, 0) is 25.1 Å². The molecule has 2 amide bonds. The second-order valence-electron chi connectivity index (χ2n) is 4.25. The van der Waals surface area contributed by atoms with E-state index in [2.05, 4.69) is 15.6 Å². The van der Waals surface area contributed by atoms with Gasteiger partial charge in [-0.15, -0.1) is 0 Å². The average molecular weight is 346 g/mol. The van der Waals surface area contributed by atoms with Gasteiger partial charge in [0, 0.05) is 18.0 Å². The summed E-state index contributed by atoms with van der Waals surface area (Å²) in [6, 6.07) is 4.80. The summed E-state index contributed by atoms with van der Waals surface area (Å²) in [7, 11) is 0. The number of aliphatic imine (C=N–C) groups is 1. The van der Waals surface area contributed by atoms with Gasteiger partial charge in [0.15, 0.2) is 5.17 Å². The molecule has 112 valence electrons. The van der Waals surface area contributed by atoms with Gasteiger partial charge in [-0.2, -0.15) is 0 Å². The van der Waals surface area contributed by atoms with E-state index in [1.54, 1.807) is 18.2 Å². The molecule has 1 aliphatic heterocycles. The lowest BCUT2D eigenvalue weighted by molar-refractivity contribution is -0.122. The number of hydrogen-bond acceptors (Lipinski definition) is 4. The molecule has 1 fully saturated rings. The first-order chi connectivity index (χ1) is 9.99. The van der Waals surface area contributed by atoms with Crippen molar-refractivity contribution < 1.29 is 9.59 Å². The van der Waals surface area contributed by atoms with Crippen LogP contribution in [0, 0.1) is 0 Å². The Morgan fingerprint density at radius 3 is 2.95 bits per heavy atom. The van der Waals surface area contributed by atoms with Gasteiger partial charge in [-0.1, -0.05) is 35.0 Å². The molecule has 0 aromatic heterocycles. The van der Waals surface area contributed by atoms with Gasteiger partial charge < -0.3 is 10.6 Å². The second-order valence-corrected chi connectivity index (χ2v) is 6.29. The van der Waals surface area contributed by atoms with Gasteiger partial charge >= 0.3 is 0 Å². The van der Waals surface area contributed by atoms with Crippen molar-refractivity contribution in [2.75, 3.05) is 11.9 Å². The Morgan fingerprint density at radius 2 is 2.24 bits per heavy atom. The monoisotopic (exact) mass is 345 g/mol. The van der Waals surface area contributed by atoms with E-state index in [-0.39, 0.29) is 18.2 Å². The summed E-state index contributed by atoms with van der Waals surface area (Å²) in [6.45, 7) is 2.46. The van der Waals surface area contributed by atoms with Crippen LogP contribution in [0.3, 0.4) is 0 Å². The molecule has 1 unspecified atom stereocenters. The quantitative estimate of drug-likeness (QED) is 0.881. The number of benzene rings is 1. The van der Waals surface area contributed by atoms with Crippen molar-refractivity contribution in [3.05, 3.63) is 28.2 Å². The normalized spacial score (nSPS) is 19.7. The van der Waals surface area contributed by atoms with E-state index in [4.69, 9.17) is 23.2 Å². The molecule has 0 saturated carbocycles. The van der Waals surface area contributed by atoms with Crippen LogP contribution in [0.1, 0.15) is 13.3 Å². The lowest BCUT2D eigenvalue weighted by Crippen LogP contribution is -2.28. The number of nitrogens with one attached hydrogen (secondary N) is 2. The smallest absolute Gasteiger partial charge is 0.240 e. The fourth-order valence-corrected chi connectivity index (χ4v) is 3.09. The Kier molecular flexibility index (Phi) is 5.50. The van der Waals surface area contributed by atoms with Gasteiger partial charge in [0.2, 0.25) is 11.8 Å². The fraction of sp³-hybridized carbons (Fsp3) is 0.308. The molecular formula is C13H13Cl2N3O2S. The van der Waals surface area contributed by atoms with Gasteiger partial charge in [0.05, 0.1) is 10.7 Å². The molecule has 0 radical (unpaired) electrons. The number of halogens is 2. The van der Waals surface area contributed by atoms with Gasteiger partial charge in [0.25, 0.3) is 0 Å². The van der Waals surface area contributed by atoms with E-state index in [0.717, 1.165) is 0 Å². The zero-order chi connectivity index (χ0) is 15.4. The molecule has 5 nitrogen and oxygen atoms in total. The summed E-state index contributed by atoms with van der Waals surface area (Å²) in [4.78, 5) is 27.8. The van der Waals surface area contributed by atoms with Crippen molar-refractivity contribution in [1.29, 1.82) is 0 Å². The van der Waals surface area contributed by atoms with Crippen LogP contribution >= 0.6 is 35.0 Å². The van der Waals surface area contributed by atoms with E-state index in [1.807, 2.05) is 6.92 Å². The molecule has 1 aliphatic rings. The molecule has 1 aromatic carbocycles. The van der Waals surface area contributed by atoms with Crippen molar-refractivity contribution in [2.24, 2.45) is 4.99 Å². The number of thioether (sulfide) groups is 1. The third kappa shape index (κ3) is 4.36. The number of rotatable bonds is 4. The molecule has 0 spiro atoms. The molecule has 2 N–H and O–H groups in total. The summed E-state index contributed by atoms with van der Waals surface area (Å²) in [6.07, 6.45) is 0.0437. The molecule has 1 heterocycles. The Labute approximate surface area is 136 Å². The number of hydrogen-bond donors (Lipinski definition) is 2. The molecule has 0 bridgehead atoms. The van der Waals surface area contributed by atoms with E-state index in [1.165, 1.54) is 11.8 Å². The average Bonchev–Trinajstić information content (AvgIpc) is 2.74. The zero-order valence-electron chi connectivity index (χ0n) is 11.2. The maximum absolute atomic E-state index is 12.0. The number of nitrogens with zero attached hydrogens (tertiary/aromatic N) is 1. The summed E-state index contributed by atoms with van der Waals surface area (Å²) < 4.78 is 0. The Morgan fingerprint density at radius 1 is 1.48 bits per heavy atom. The minimum absolute atomic E-state index is 0.0437. The van der Waals surface area contributed by atoms with E-state index < -0.39 is 5.25 Å². The number of carbonyl (C=O) groups excluding carboxylic acids is 2. The molecule has 2 rings (SSSR count). The van der Waals surface area contributed by atoms with Crippen molar-refractivity contribution >= 4 is 57.6 Å². The largest absolute Gasteiger partial charge is 0.325 e. The lowest BCUT2D eigenvalue weighted by Gasteiger charge is -2.09. The topological polar surface area (TPSA) is 70.6 Å². The maximum atomic E-state index is 12.0. The minimum Gasteiger partial charge on any atom is -0.325 e. The molecular weight excluding hydrogens is 333 g/mol. The Bertz CT molecular complexity index is 607. The number of amides is 2. The number of amidine groups is 1. The van der Waals surface area contributed by atoms with Crippen LogP contribution in [0.2, 0.25) is 10.0 Å². The number of carbonyl (C=O) groups is 2. The Balaban J connectivity index is 1.98. The second kappa shape index (κ2) is 7.15. The van der Waals surface area contributed by atoms with Gasteiger partial charge in [0.1, 0.15) is 5.25 Å². The van der Waals surface area contributed by atoms with Crippen LogP contribution < -0.4 is 10.6 Å². The molecule has 8 heteroatoms. The highest BCUT2D eigenvalue weighted by Gasteiger charge is 2.31. The molecule has 1 aromatic rings. The lowest BCUT2D eigenvalue weighted by atomic mass is 10.2. The fourth-order valence-electron chi connectivity index (χ4n) is 1.72. The number of anilines is 1. The predicted octanol–water partition coefficient (Wildman–Crippen LogP) is 2.93. The summed E-state index contributed by atoms with van der Waals surface area (Å²) in [5.41, 5.74) is 0.431. The molecule has 21 heavy (non-hydrogen) atoms. The zero-order valence-corrected chi connectivity index (χ0v) is 13.5. The van der Waals surface area contributed by atoms with Crippen molar-refractivity contribution in [3.8, 4) is 0 Å². The standard InChI is InChI=1S/C13H13Cl2N3O2S/c1-2-16-13-18-12(20)10(21-13)6-11(19)17-9-5-7(14)3-4-8(9)15/h3-5,10H,2,6H2,1H3,(H,17,19)(H,16,18,20).